The van der Waals surface area contributed by atoms with Crippen LogP contribution in [0, 0.1) is 11.8 Å². The van der Waals surface area contributed by atoms with Crippen molar-refractivity contribution in [1.29, 1.82) is 0 Å². The zero-order valence-corrected chi connectivity index (χ0v) is 10.3. The lowest BCUT2D eigenvalue weighted by atomic mass is 9.68. The van der Waals surface area contributed by atoms with E-state index in [0.717, 1.165) is 19.3 Å². The van der Waals surface area contributed by atoms with Gasteiger partial charge >= 0.3 is 0 Å². The normalized spacial score (nSPS) is 31.2. The van der Waals surface area contributed by atoms with Gasteiger partial charge in [0.25, 0.3) is 0 Å². The van der Waals surface area contributed by atoms with E-state index in [0.29, 0.717) is 12.3 Å². The smallest absolute Gasteiger partial charge is 0.126 e. The van der Waals surface area contributed by atoms with E-state index in [1.165, 1.54) is 19.3 Å². The van der Waals surface area contributed by atoms with Crippen molar-refractivity contribution in [3.05, 3.63) is 0 Å². The number of halogens is 1. The van der Waals surface area contributed by atoms with Gasteiger partial charge < -0.3 is 5.73 Å². The molecule has 0 bridgehead atoms. The first-order chi connectivity index (χ1) is 7.18. The van der Waals surface area contributed by atoms with Crippen LogP contribution in [-0.2, 0) is 0 Å². The summed E-state index contributed by atoms with van der Waals surface area (Å²) in [6.07, 6.45) is 7.38. The molecule has 3 unspecified atom stereocenters. The monoisotopic (exact) mass is 215 g/mol. The van der Waals surface area contributed by atoms with Crippen molar-refractivity contribution in [2.24, 2.45) is 17.6 Å². The Labute approximate surface area is 93.6 Å². The summed E-state index contributed by atoms with van der Waals surface area (Å²) in [7, 11) is 0. The van der Waals surface area contributed by atoms with Crippen molar-refractivity contribution >= 4 is 0 Å². The summed E-state index contributed by atoms with van der Waals surface area (Å²) < 4.78 is 14.7. The first-order valence-electron chi connectivity index (χ1n) is 6.57. The van der Waals surface area contributed by atoms with Crippen LogP contribution in [0.3, 0.4) is 0 Å². The second-order valence-electron chi connectivity index (χ2n) is 5.05. The molecule has 2 N–H and O–H groups in total. The van der Waals surface area contributed by atoms with Crippen LogP contribution in [0.25, 0.3) is 0 Å². The summed E-state index contributed by atoms with van der Waals surface area (Å²) in [5.74, 6) is 0.792. The lowest BCUT2D eigenvalue weighted by Crippen LogP contribution is -2.45. The molecule has 0 spiro atoms. The van der Waals surface area contributed by atoms with Crippen LogP contribution < -0.4 is 5.73 Å². The van der Waals surface area contributed by atoms with E-state index in [2.05, 4.69) is 6.92 Å². The van der Waals surface area contributed by atoms with Gasteiger partial charge in [0.2, 0.25) is 0 Å². The highest BCUT2D eigenvalue weighted by atomic mass is 19.1. The SMILES string of the molecule is CCCC(F)(CN)C1CCCCC1CC. The van der Waals surface area contributed by atoms with Crippen molar-refractivity contribution in [1.82, 2.24) is 0 Å². The lowest BCUT2D eigenvalue weighted by molar-refractivity contribution is 0.0159. The summed E-state index contributed by atoms with van der Waals surface area (Å²) in [5.41, 5.74) is 4.58. The summed E-state index contributed by atoms with van der Waals surface area (Å²) in [4.78, 5) is 0. The molecular formula is C13H26FN. The van der Waals surface area contributed by atoms with E-state index < -0.39 is 5.67 Å². The Balaban J connectivity index is 2.70. The standard InChI is InChI=1S/C13H26FN/c1-3-9-13(14,10-15)12-8-6-5-7-11(12)4-2/h11-12H,3-10,15H2,1-2H3. The highest BCUT2D eigenvalue weighted by Gasteiger charge is 2.41. The van der Waals surface area contributed by atoms with Gasteiger partial charge in [0, 0.05) is 6.54 Å². The Bertz CT molecular complexity index is 183. The predicted molar refractivity (Wildman–Crippen MR) is 63.5 cm³/mol. The van der Waals surface area contributed by atoms with Gasteiger partial charge in [-0.1, -0.05) is 46.0 Å². The van der Waals surface area contributed by atoms with E-state index in [9.17, 15) is 4.39 Å². The topological polar surface area (TPSA) is 26.0 Å². The Morgan fingerprint density at radius 2 is 1.93 bits per heavy atom. The van der Waals surface area contributed by atoms with E-state index in [1.54, 1.807) is 0 Å². The van der Waals surface area contributed by atoms with Gasteiger partial charge in [-0.05, 0) is 24.7 Å². The first-order valence-corrected chi connectivity index (χ1v) is 6.57. The lowest BCUT2D eigenvalue weighted by Gasteiger charge is -2.40. The summed E-state index contributed by atoms with van der Waals surface area (Å²) in [5, 5.41) is 0. The average molecular weight is 215 g/mol. The van der Waals surface area contributed by atoms with Crippen LogP contribution in [-0.4, -0.2) is 12.2 Å². The minimum atomic E-state index is -1.09. The van der Waals surface area contributed by atoms with Crippen LogP contribution in [0.4, 0.5) is 4.39 Å². The molecule has 1 aliphatic rings. The zero-order chi connectivity index (χ0) is 11.3. The molecule has 1 aliphatic carbocycles. The second-order valence-corrected chi connectivity index (χ2v) is 5.05. The third-order valence-corrected chi connectivity index (χ3v) is 4.10. The number of hydrogen-bond donors (Lipinski definition) is 1. The van der Waals surface area contributed by atoms with Crippen molar-refractivity contribution < 1.29 is 4.39 Å². The molecule has 1 saturated carbocycles. The van der Waals surface area contributed by atoms with Crippen LogP contribution in [0.2, 0.25) is 0 Å². The fourth-order valence-electron chi connectivity index (χ4n) is 3.23. The second kappa shape index (κ2) is 5.83. The van der Waals surface area contributed by atoms with Crippen LogP contribution >= 0.6 is 0 Å². The van der Waals surface area contributed by atoms with Gasteiger partial charge in [0.05, 0.1) is 0 Å². The fraction of sp³-hybridized carbons (Fsp3) is 1.00. The minimum Gasteiger partial charge on any atom is -0.328 e. The molecule has 2 heteroatoms. The third kappa shape index (κ3) is 2.93. The fourth-order valence-corrected chi connectivity index (χ4v) is 3.23. The molecule has 15 heavy (non-hydrogen) atoms. The molecule has 0 amide bonds. The molecule has 1 rings (SSSR count). The Hall–Kier alpha value is -0.110. The molecule has 0 heterocycles. The number of hydrogen-bond acceptors (Lipinski definition) is 1. The van der Waals surface area contributed by atoms with Gasteiger partial charge in [-0.2, -0.15) is 0 Å². The molecule has 90 valence electrons. The van der Waals surface area contributed by atoms with E-state index >= 15 is 0 Å². The average Bonchev–Trinajstić information content (AvgIpc) is 2.29. The molecule has 0 aromatic carbocycles. The molecular weight excluding hydrogens is 189 g/mol. The minimum absolute atomic E-state index is 0.210. The quantitative estimate of drug-likeness (QED) is 0.744. The van der Waals surface area contributed by atoms with Crippen LogP contribution in [0.5, 0.6) is 0 Å². The predicted octanol–water partition coefficient (Wildman–Crippen LogP) is 3.67. The van der Waals surface area contributed by atoms with Gasteiger partial charge in [0.15, 0.2) is 0 Å². The number of rotatable bonds is 5. The molecule has 3 atom stereocenters. The van der Waals surface area contributed by atoms with Crippen LogP contribution in [0.1, 0.15) is 58.8 Å². The maximum atomic E-state index is 14.7. The largest absolute Gasteiger partial charge is 0.328 e. The zero-order valence-electron chi connectivity index (χ0n) is 10.3. The molecule has 1 nitrogen and oxygen atoms in total. The van der Waals surface area contributed by atoms with Gasteiger partial charge in [-0.25, -0.2) is 4.39 Å². The third-order valence-electron chi connectivity index (χ3n) is 4.10. The highest BCUT2D eigenvalue weighted by molar-refractivity contribution is 4.93. The van der Waals surface area contributed by atoms with Crippen molar-refractivity contribution in [2.45, 2.75) is 64.5 Å². The summed E-state index contributed by atoms with van der Waals surface area (Å²) in [6, 6.07) is 0. The summed E-state index contributed by atoms with van der Waals surface area (Å²) >= 11 is 0. The van der Waals surface area contributed by atoms with E-state index in [-0.39, 0.29) is 12.5 Å². The maximum absolute atomic E-state index is 14.7. The molecule has 1 fully saturated rings. The van der Waals surface area contributed by atoms with Crippen molar-refractivity contribution in [3.63, 3.8) is 0 Å². The van der Waals surface area contributed by atoms with Gasteiger partial charge in [-0.3, -0.25) is 0 Å². The van der Waals surface area contributed by atoms with Crippen LogP contribution in [0.15, 0.2) is 0 Å². The molecule has 0 aromatic rings. The van der Waals surface area contributed by atoms with Gasteiger partial charge in [-0.15, -0.1) is 0 Å². The van der Waals surface area contributed by atoms with Crippen molar-refractivity contribution in [3.8, 4) is 0 Å². The molecule has 0 aromatic heterocycles. The van der Waals surface area contributed by atoms with Gasteiger partial charge in [0.1, 0.15) is 5.67 Å². The first kappa shape index (κ1) is 13.0. The number of nitrogens with two attached hydrogens (primary N) is 1. The van der Waals surface area contributed by atoms with E-state index in [1.807, 2.05) is 6.92 Å². The highest BCUT2D eigenvalue weighted by Crippen LogP contribution is 2.42. The molecule has 0 radical (unpaired) electrons. The molecule has 0 saturated heterocycles. The maximum Gasteiger partial charge on any atom is 0.126 e. The Kier molecular flexibility index (Phi) is 5.04. The Morgan fingerprint density at radius 1 is 1.27 bits per heavy atom. The number of alkyl halides is 1. The summed E-state index contributed by atoms with van der Waals surface area (Å²) in [6.45, 7) is 4.45. The van der Waals surface area contributed by atoms with E-state index in [4.69, 9.17) is 5.73 Å². The van der Waals surface area contributed by atoms with Crippen molar-refractivity contribution in [2.75, 3.05) is 6.54 Å². The Morgan fingerprint density at radius 3 is 2.47 bits per heavy atom. The molecule has 0 aliphatic heterocycles.